The average molecular weight is 402 g/mol. The lowest BCUT2D eigenvalue weighted by Crippen LogP contribution is -2.46. The Morgan fingerprint density at radius 2 is 1.79 bits per heavy atom. The summed E-state index contributed by atoms with van der Waals surface area (Å²) < 4.78 is 15.2. The van der Waals surface area contributed by atoms with Crippen LogP contribution in [0.5, 0.6) is 0 Å². The summed E-state index contributed by atoms with van der Waals surface area (Å²) in [5, 5.41) is 0. The molecular formula is C20H23FN4O4. The fraction of sp³-hybridized carbons (Fsp3) is 0.400. The molecule has 1 aliphatic heterocycles. The Morgan fingerprint density at radius 1 is 1.10 bits per heavy atom. The maximum atomic E-state index is 13.2. The highest BCUT2D eigenvalue weighted by atomic mass is 19.1. The van der Waals surface area contributed by atoms with Crippen LogP contribution in [0.15, 0.2) is 33.9 Å². The number of nitrogens with zero attached hydrogens (tertiary/aromatic N) is 3. The van der Waals surface area contributed by atoms with E-state index >= 15 is 0 Å². The van der Waals surface area contributed by atoms with Gasteiger partial charge < -0.3 is 10.6 Å². The number of halogens is 1. The van der Waals surface area contributed by atoms with Gasteiger partial charge >= 0.3 is 5.69 Å². The van der Waals surface area contributed by atoms with Crippen LogP contribution in [0.3, 0.4) is 0 Å². The van der Waals surface area contributed by atoms with E-state index < -0.39 is 22.8 Å². The number of likely N-dealkylation sites (tertiary alicyclic amines) is 1. The molecule has 0 atom stereocenters. The molecule has 1 fully saturated rings. The van der Waals surface area contributed by atoms with Crippen LogP contribution in [0.25, 0.3) is 0 Å². The van der Waals surface area contributed by atoms with Gasteiger partial charge in [-0.15, -0.1) is 0 Å². The first-order valence-corrected chi connectivity index (χ1v) is 9.52. The first-order chi connectivity index (χ1) is 13.8. The number of aromatic nitrogens is 2. The summed E-state index contributed by atoms with van der Waals surface area (Å²) in [5.74, 6) is -1.41. The van der Waals surface area contributed by atoms with Crippen molar-refractivity contribution in [1.82, 2.24) is 14.0 Å². The number of Topliss-reactive ketones (excluding diaryl/α,β-unsaturated/α-hetero) is 1. The molecule has 1 aromatic heterocycles. The number of piperidine rings is 1. The second kappa shape index (κ2) is 8.42. The summed E-state index contributed by atoms with van der Waals surface area (Å²) >= 11 is 0. The first kappa shape index (κ1) is 20.5. The van der Waals surface area contributed by atoms with Gasteiger partial charge in [-0.2, -0.15) is 0 Å². The topological polar surface area (TPSA) is 107 Å². The van der Waals surface area contributed by atoms with Gasteiger partial charge in [0.05, 0.1) is 13.1 Å². The molecule has 0 radical (unpaired) electrons. The van der Waals surface area contributed by atoms with Gasteiger partial charge in [0.1, 0.15) is 17.2 Å². The number of carbonyl (C=O) groups excluding carboxylic acids is 2. The van der Waals surface area contributed by atoms with E-state index in [9.17, 15) is 23.6 Å². The smallest absolute Gasteiger partial charge is 0.332 e. The fourth-order valence-electron chi connectivity index (χ4n) is 3.46. The van der Waals surface area contributed by atoms with Crippen LogP contribution in [-0.2, 0) is 17.9 Å². The molecule has 0 aliphatic carbocycles. The third-order valence-electron chi connectivity index (χ3n) is 5.07. The lowest BCUT2D eigenvalue weighted by atomic mass is 10.1. The van der Waals surface area contributed by atoms with E-state index in [2.05, 4.69) is 0 Å². The van der Waals surface area contributed by atoms with Crippen molar-refractivity contribution in [2.45, 2.75) is 39.3 Å². The van der Waals surface area contributed by atoms with Crippen molar-refractivity contribution in [3.63, 3.8) is 0 Å². The number of anilines is 1. The van der Waals surface area contributed by atoms with Gasteiger partial charge in [0.2, 0.25) is 5.91 Å². The highest BCUT2D eigenvalue weighted by molar-refractivity contribution is 6.02. The number of benzene rings is 1. The monoisotopic (exact) mass is 402 g/mol. The number of carbonyl (C=O) groups is 2. The molecule has 1 aliphatic rings. The summed E-state index contributed by atoms with van der Waals surface area (Å²) in [6, 6.07) is 5.49. The molecule has 3 rings (SSSR count). The maximum absolute atomic E-state index is 13.2. The van der Waals surface area contributed by atoms with E-state index in [1.165, 1.54) is 29.2 Å². The summed E-state index contributed by atoms with van der Waals surface area (Å²) in [6.45, 7) is 1.85. The fourth-order valence-corrected chi connectivity index (χ4v) is 3.46. The van der Waals surface area contributed by atoms with E-state index in [1.54, 1.807) is 6.92 Å². The number of nitrogen functional groups attached to an aromatic ring is 1. The zero-order valence-corrected chi connectivity index (χ0v) is 16.2. The van der Waals surface area contributed by atoms with Crippen LogP contribution in [0.4, 0.5) is 10.2 Å². The largest absolute Gasteiger partial charge is 0.384 e. The molecule has 2 aromatic rings. The van der Waals surface area contributed by atoms with Crippen molar-refractivity contribution in [1.29, 1.82) is 0 Å². The van der Waals surface area contributed by atoms with Crippen LogP contribution >= 0.6 is 0 Å². The van der Waals surface area contributed by atoms with E-state index in [0.29, 0.717) is 18.5 Å². The van der Waals surface area contributed by atoms with Gasteiger partial charge in [-0.1, -0.05) is 12.1 Å². The Morgan fingerprint density at radius 3 is 2.41 bits per heavy atom. The third-order valence-corrected chi connectivity index (χ3v) is 5.07. The molecule has 8 nitrogen and oxygen atoms in total. The van der Waals surface area contributed by atoms with Gasteiger partial charge in [-0.25, -0.2) is 9.18 Å². The summed E-state index contributed by atoms with van der Waals surface area (Å²) in [5.41, 5.74) is 4.96. The van der Waals surface area contributed by atoms with Crippen LogP contribution in [0, 0.1) is 5.82 Å². The quantitative estimate of drug-likeness (QED) is 0.725. The van der Waals surface area contributed by atoms with Gasteiger partial charge in [-0.05, 0) is 37.5 Å². The zero-order valence-electron chi connectivity index (χ0n) is 16.2. The number of ketones is 1. The lowest BCUT2D eigenvalue weighted by molar-refractivity contribution is -0.132. The first-order valence-electron chi connectivity index (χ1n) is 9.52. The van der Waals surface area contributed by atoms with E-state index in [1.807, 2.05) is 0 Å². The van der Waals surface area contributed by atoms with Gasteiger partial charge in [0, 0.05) is 19.5 Å². The predicted molar refractivity (Wildman–Crippen MR) is 105 cm³/mol. The zero-order chi connectivity index (χ0) is 21.1. The lowest BCUT2D eigenvalue weighted by Gasteiger charge is -2.26. The minimum Gasteiger partial charge on any atom is -0.384 e. The maximum Gasteiger partial charge on any atom is 0.332 e. The Hall–Kier alpha value is -3.23. The molecule has 29 heavy (non-hydrogen) atoms. The van der Waals surface area contributed by atoms with Crippen molar-refractivity contribution in [2.75, 3.05) is 18.8 Å². The molecule has 2 heterocycles. The Labute approximate surface area is 166 Å². The molecule has 9 heteroatoms. The summed E-state index contributed by atoms with van der Waals surface area (Å²) in [4.78, 5) is 51.8. The van der Waals surface area contributed by atoms with E-state index in [-0.39, 0.29) is 36.9 Å². The molecule has 1 aromatic carbocycles. The van der Waals surface area contributed by atoms with Crippen LogP contribution in [0.2, 0.25) is 0 Å². The molecule has 0 saturated carbocycles. The summed E-state index contributed by atoms with van der Waals surface area (Å²) in [7, 11) is 0. The van der Waals surface area contributed by atoms with Crippen molar-refractivity contribution < 1.29 is 14.0 Å². The standard InChI is InChI=1S/C20H23FN4O4/c1-2-24-19(28)17(15(26)12-23-10-4-3-5-16(23)27)18(22)25(20(24)29)11-13-6-8-14(21)9-7-13/h6-9H,2-5,10-12,22H2,1H3. The molecule has 0 bridgehead atoms. The van der Waals surface area contributed by atoms with Crippen LogP contribution < -0.4 is 17.0 Å². The molecule has 154 valence electrons. The third kappa shape index (κ3) is 4.13. The predicted octanol–water partition coefficient (Wildman–Crippen LogP) is 0.995. The second-order valence-corrected chi connectivity index (χ2v) is 7.00. The van der Waals surface area contributed by atoms with Crippen molar-refractivity contribution in [3.05, 3.63) is 62.0 Å². The average Bonchev–Trinajstić information content (AvgIpc) is 2.69. The summed E-state index contributed by atoms with van der Waals surface area (Å²) in [6.07, 6.45) is 1.93. The van der Waals surface area contributed by atoms with E-state index in [0.717, 1.165) is 22.0 Å². The van der Waals surface area contributed by atoms with Crippen molar-refractivity contribution in [2.24, 2.45) is 0 Å². The SMILES string of the molecule is CCn1c(=O)c(C(=O)CN2CCCCC2=O)c(N)n(Cc2ccc(F)cc2)c1=O. The molecule has 2 N–H and O–H groups in total. The Balaban J connectivity index is 2.03. The number of amides is 1. The number of hydrogen-bond acceptors (Lipinski definition) is 5. The number of hydrogen-bond donors (Lipinski definition) is 1. The van der Waals surface area contributed by atoms with Crippen LogP contribution in [-0.4, -0.2) is 38.8 Å². The molecule has 0 unspecified atom stereocenters. The molecule has 1 saturated heterocycles. The minimum absolute atomic E-state index is 0.0197. The van der Waals surface area contributed by atoms with Crippen molar-refractivity contribution >= 4 is 17.5 Å². The van der Waals surface area contributed by atoms with Gasteiger partial charge in [-0.3, -0.25) is 23.5 Å². The van der Waals surface area contributed by atoms with Gasteiger partial charge in [0.15, 0.2) is 5.78 Å². The Bertz CT molecular complexity index is 1060. The van der Waals surface area contributed by atoms with Crippen molar-refractivity contribution in [3.8, 4) is 0 Å². The highest BCUT2D eigenvalue weighted by Gasteiger charge is 2.26. The number of rotatable bonds is 6. The molecular weight excluding hydrogens is 379 g/mol. The minimum atomic E-state index is -0.764. The van der Waals surface area contributed by atoms with E-state index in [4.69, 9.17) is 5.73 Å². The van der Waals surface area contributed by atoms with Crippen LogP contribution in [0.1, 0.15) is 42.1 Å². The molecule has 0 spiro atoms. The highest BCUT2D eigenvalue weighted by Crippen LogP contribution is 2.14. The number of nitrogens with two attached hydrogens (primary N) is 1. The Kier molecular flexibility index (Phi) is 5.95. The second-order valence-electron chi connectivity index (χ2n) is 7.00. The van der Waals surface area contributed by atoms with Gasteiger partial charge in [0.25, 0.3) is 5.56 Å². The normalized spacial score (nSPS) is 14.3. The molecule has 1 amide bonds.